The van der Waals surface area contributed by atoms with Gasteiger partial charge < -0.3 is 4.74 Å². The number of carbonyl (C=O) groups is 1. The summed E-state index contributed by atoms with van der Waals surface area (Å²) < 4.78 is 5.66. The van der Waals surface area contributed by atoms with E-state index in [0.717, 1.165) is 20.8 Å². The van der Waals surface area contributed by atoms with Gasteiger partial charge in [0, 0.05) is 4.47 Å². The summed E-state index contributed by atoms with van der Waals surface area (Å²) in [6.45, 7) is 0. The highest BCUT2D eigenvalue weighted by Crippen LogP contribution is 2.25. The Labute approximate surface area is 102 Å². The molecule has 0 saturated heterocycles. The summed E-state index contributed by atoms with van der Waals surface area (Å²) in [5.41, 5.74) is 0.956. The molecule has 0 aliphatic heterocycles. The number of ether oxygens (including phenoxy) is 1. The molecular formula is C13H11BrO2. The van der Waals surface area contributed by atoms with Gasteiger partial charge in [0.2, 0.25) is 0 Å². The van der Waals surface area contributed by atoms with Crippen LogP contribution < -0.4 is 0 Å². The minimum Gasteiger partial charge on any atom is -0.469 e. The lowest BCUT2D eigenvalue weighted by Crippen LogP contribution is -2.04. The van der Waals surface area contributed by atoms with Crippen LogP contribution in [0.5, 0.6) is 0 Å². The van der Waals surface area contributed by atoms with E-state index in [2.05, 4.69) is 20.7 Å². The highest BCUT2D eigenvalue weighted by Gasteiger charge is 2.06. The zero-order valence-corrected chi connectivity index (χ0v) is 10.5. The van der Waals surface area contributed by atoms with E-state index in [1.54, 1.807) is 0 Å². The summed E-state index contributed by atoms with van der Waals surface area (Å²) in [5, 5.41) is 2.27. The number of carbonyl (C=O) groups excluding carboxylic acids is 1. The van der Waals surface area contributed by atoms with Gasteiger partial charge in [0.25, 0.3) is 0 Å². The molecule has 0 aromatic heterocycles. The standard InChI is InChI=1S/C13H11BrO2/c1-16-13(15)8-9-6-10-4-2-3-5-11(10)12(14)7-9/h2-7H,8H2,1H3. The molecule has 2 nitrogen and oxygen atoms in total. The quantitative estimate of drug-likeness (QED) is 0.788. The molecule has 82 valence electrons. The number of hydrogen-bond acceptors (Lipinski definition) is 2. The van der Waals surface area contributed by atoms with Crippen molar-refractivity contribution in [1.29, 1.82) is 0 Å². The topological polar surface area (TPSA) is 26.3 Å². The van der Waals surface area contributed by atoms with Crippen molar-refractivity contribution in [2.45, 2.75) is 6.42 Å². The van der Waals surface area contributed by atoms with E-state index in [1.807, 2.05) is 36.4 Å². The Balaban J connectivity index is 2.45. The van der Waals surface area contributed by atoms with E-state index in [1.165, 1.54) is 7.11 Å². The van der Waals surface area contributed by atoms with Crippen molar-refractivity contribution >= 4 is 32.7 Å². The fourth-order valence-electron chi connectivity index (χ4n) is 1.66. The maximum Gasteiger partial charge on any atom is 0.309 e. The lowest BCUT2D eigenvalue weighted by Gasteiger charge is -2.05. The SMILES string of the molecule is COC(=O)Cc1cc(Br)c2ccccc2c1. The maximum absolute atomic E-state index is 11.2. The first-order valence-corrected chi connectivity index (χ1v) is 5.74. The molecule has 3 heteroatoms. The van der Waals surface area contributed by atoms with Gasteiger partial charge in [-0.3, -0.25) is 4.79 Å². The van der Waals surface area contributed by atoms with E-state index in [0.29, 0.717) is 6.42 Å². The molecule has 0 fully saturated rings. The largest absolute Gasteiger partial charge is 0.469 e. The van der Waals surface area contributed by atoms with Gasteiger partial charge in [0.1, 0.15) is 0 Å². The average Bonchev–Trinajstić information content (AvgIpc) is 2.29. The second kappa shape index (κ2) is 4.66. The van der Waals surface area contributed by atoms with Crippen molar-refractivity contribution in [3.05, 3.63) is 46.4 Å². The first-order valence-electron chi connectivity index (χ1n) is 4.94. The van der Waals surface area contributed by atoms with E-state index >= 15 is 0 Å². The van der Waals surface area contributed by atoms with Gasteiger partial charge in [0.05, 0.1) is 13.5 Å². The van der Waals surface area contributed by atoms with Crippen molar-refractivity contribution < 1.29 is 9.53 Å². The van der Waals surface area contributed by atoms with Gasteiger partial charge in [-0.2, -0.15) is 0 Å². The van der Waals surface area contributed by atoms with E-state index in [-0.39, 0.29) is 5.97 Å². The molecule has 0 radical (unpaired) electrons. The Kier molecular flexibility index (Phi) is 3.25. The van der Waals surface area contributed by atoms with Gasteiger partial charge in [-0.25, -0.2) is 0 Å². The number of benzene rings is 2. The minimum absolute atomic E-state index is 0.220. The summed E-state index contributed by atoms with van der Waals surface area (Å²) >= 11 is 3.51. The van der Waals surface area contributed by atoms with Crippen molar-refractivity contribution in [2.24, 2.45) is 0 Å². The summed E-state index contributed by atoms with van der Waals surface area (Å²) in [6, 6.07) is 12.0. The second-order valence-corrected chi connectivity index (χ2v) is 4.41. The van der Waals surface area contributed by atoms with Crippen molar-refractivity contribution in [3.8, 4) is 0 Å². The van der Waals surface area contributed by atoms with Crippen LogP contribution >= 0.6 is 15.9 Å². The fraction of sp³-hybridized carbons (Fsp3) is 0.154. The molecule has 0 spiro atoms. The third kappa shape index (κ3) is 2.25. The third-order valence-corrected chi connectivity index (χ3v) is 3.10. The number of methoxy groups -OCH3 is 1. The van der Waals surface area contributed by atoms with E-state index in [4.69, 9.17) is 0 Å². The highest BCUT2D eigenvalue weighted by atomic mass is 79.9. The lowest BCUT2D eigenvalue weighted by molar-refractivity contribution is -0.139. The first-order chi connectivity index (χ1) is 7.70. The third-order valence-electron chi connectivity index (χ3n) is 2.45. The molecular weight excluding hydrogens is 268 g/mol. The van der Waals surface area contributed by atoms with Gasteiger partial charge in [-0.15, -0.1) is 0 Å². The molecule has 0 heterocycles. The predicted molar refractivity (Wildman–Crippen MR) is 67.4 cm³/mol. The smallest absolute Gasteiger partial charge is 0.309 e. The Morgan fingerprint density at radius 2 is 2.06 bits per heavy atom. The minimum atomic E-state index is -0.220. The lowest BCUT2D eigenvalue weighted by atomic mass is 10.1. The Hall–Kier alpha value is -1.35. The molecule has 0 unspecified atom stereocenters. The molecule has 0 atom stereocenters. The molecule has 0 aliphatic carbocycles. The Morgan fingerprint density at radius 3 is 2.81 bits per heavy atom. The summed E-state index contributed by atoms with van der Waals surface area (Å²) in [7, 11) is 1.40. The summed E-state index contributed by atoms with van der Waals surface area (Å²) in [5.74, 6) is -0.220. The number of rotatable bonds is 2. The first kappa shape index (κ1) is 11.1. The molecule has 2 aromatic rings. The number of hydrogen-bond donors (Lipinski definition) is 0. The zero-order chi connectivity index (χ0) is 11.5. The average molecular weight is 279 g/mol. The van der Waals surface area contributed by atoms with Gasteiger partial charge >= 0.3 is 5.97 Å². The molecule has 0 N–H and O–H groups in total. The predicted octanol–water partition coefficient (Wildman–Crippen LogP) is 3.32. The molecule has 16 heavy (non-hydrogen) atoms. The van der Waals surface area contributed by atoms with Gasteiger partial charge in [-0.05, 0) is 22.4 Å². The summed E-state index contributed by atoms with van der Waals surface area (Å²) in [4.78, 5) is 11.2. The van der Waals surface area contributed by atoms with Crippen LogP contribution in [0.4, 0.5) is 0 Å². The van der Waals surface area contributed by atoms with Crippen LogP contribution in [0.2, 0.25) is 0 Å². The normalized spacial score (nSPS) is 10.4. The molecule has 0 saturated carbocycles. The van der Waals surface area contributed by atoms with Crippen LogP contribution in [0.1, 0.15) is 5.56 Å². The van der Waals surface area contributed by atoms with Crippen molar-refractivity contribution in [1.82, 2.24) is 0 Å². The fourth-order valence-corrected chi connectivity index (χ4v) is 2.32. The molecule has 0 aliphatic rings. The van der Waals surface area contributed by atoms with E-state index in [9.17, 15) is 4.79 Å². The van der Waals surface area contributed by atoms with Crippen LogP contribution in [-0.2, 0) is 16.0 Å². The Morgan fingerprint density at radius 1 is 1.31 bits per heavy atom. The highest BCUT2D eigenvalue weighted by molar-refractivity contribution is 9.10. The summed E-state index contributed by atoms with van der Waals surface area (Å²) in [6.07, 6.45) is 0.305. The zero-order valence-electron chi connectivity index (χ0n) is 8.87. The Bertz CT molecular complexity index is 534. The van der Waals surface area contributed by atoms with Crippen molar-refractivity contribution in [2.75, 3.05) is 7.11 Å². The van der Waals surface area contributed by atoms with Crippen LogP contribution in [0.3, 0.4) is 0 Å². The van der Waals surface area contributed by atoms with Gasteiger partial charge in [-0.1, -0.05) is 46.3 Å². The maximum atomic E-state index is 11.2. The molecule has 2 aromatic carbocycles. The molecule has 0 bridgehead atoms. The van der Waals surface area contributed by atoms with Gasteiger partial charge in [0.15, 0.2) is 0 Å². The number of esters is 1. The van der Waals surface area contributed by atoms with E-state index < -0.39 is 0 Å². The van der Waals surface area contributed by atoms with Crippen LogP contribution in [-0.4, -0.2) is 13.1 Å². The van der Waals surface area contributed by atoms with Crippen LogP contribution in [0, 0.1) is 0 Å². The molecule has 2 rings (SSSR count). The van der Waals surface area contributed by atoms with Crippen LogP contribution in [0.15, 0.2) is 40.9 Å². The van der Waals surface area contributed by atoms with Crippen molar-refractivity contribution in [3.63, 3.8) is 0 Å². The molecule has 0 amide bonds. The number of halogens is 1. The van der Waals surface area contributed by atoms with Crippen LogP contribution in [0.25, 0.3) is 10.8 Å². The second-order valence-electron chi connectivity index (χ2n) is 3.55. The monoisotopic (exact) mass is 278 g/mol. The number of fused-ring (bicyclic) bond motifs is 1.